The first-order valence-corrected chi connectivity index (χ1v) is 4.73. The van der Waals surface area contributed by atoms with Gasteiger partial charge in [0, 0.05) is 27.4 Å². The molecule has 0 aliphatic heterocycles. The first kappa shape index (κ1) is 13.1. The number of hydrogen-bond donors (Lipinski definition) is 0. The Morgan fingerprint density at radius 1 is 1.50 bits per heavy atom. The van der Waals surface area contributed by atoms with Gasteiger partial charge in [-0.25, -0.2) is 0 Å². The predicted octanol–water partition coefficient (Wildman–Crippen LogP) is 0.816. The van der Waals surface area contributed by atoms with Gasteiger partial charge in [-0.2, -0.15) is 0 Å². The highest BCUT2D eigenvalue weighted by atomic mass is 16.5. The molecule has 4 heteroatoms. The number of amides is 1. The standard InChI is InChI=1S/C10H20N2O2/c1-8(10(13)12(3)4)6-11-7-9(2)14-5/h6,8-9H,7H2,1-5H3/t8?,9-/m0/s1. The largest absolute Gasteiger partial charge is 0.380 e. The molecule has 2 atom stereocenters. The van der Waals surface area contributed by atoms with Crippen LogP contribution in [-0.4, -0.2) is 50.9 Å². The van der Waals surface area contributed by atoms with E-state index in [-0.39, 0.29) is 17.9 Å². The highest BCUT2D eigenvalue weighted by molar-refractivity contribution is 5.92. The average molecular weight is 200 g/mol. The van der Waals surface area contributed by atoms with Crippen molar-refractivity contribution in [3.63, 3.8) is 0 Å². The Kier molecular flexibility index (Phi) is 6.12. The number of rotatable bonds is 5. The van der Waals surface area contributed by atoms with Gasteiger partial charge in [-0.1, -0.05) is 0 Å². The van der Waals surface area contributed by atoms with Gasteiger partial charge in [-0.05, 0) is 13.8 Å². The third-order valence-electron chi connectivity index (χ3n) is 1.92. The SMILES string of the molecule is CO[C@@H](C)CN=CC(C)C(=O)N(C)C. The molecule has 0 fully saturated rings. The third-order valence-corrected chi connectivity index (χ3v) is 1.92. The highest BCUT2D eigenvalue weighted by Gasteiger charge is 2.11. The van der Waals surface area contributed by atoms with Gasteiger partial charge in [0.25, 0.3) is 0 Å². The van der Waals surface area contributed by atoms with E-state index >= 15 is 0 Å². The second kappa shape index (κ2) is 6.54. The normalized spacial score (nSPS) is 15.5. The number of carbonyl (C=O) groups excluding carboxylic acids is 1. The smallest absolute Gasteiger partial charge is 0.230 e. The van der Waals surface area contributed by atoms with Crippen LogP contribution in [0.4, 0.5) is 0 Å². The maximum absolute atomic E-state index is 11.4. The van der Waals surface area contributed by atoms with Crippen LogP contribution >= 0.6 is 0 Å². The summed E-state index contributed by atoms with van der Waals surface area (Å²) in [5.41, 5.74) is 0. The van der Waals surface area contributed by atoms with E-state index in [0.717, 1.165) is 0 Å². The Bertz CT molecular complexity index is 202. The van der Waals surface area contributed by atoms with Crippen molar-refractivity contribution in [2.45, 2.75) is 20.0 Å². The summed E-state index contributed by atoms with van der Waals surface area (Å²) in [6.07, 6.45) is 1.78. The Labute approximate surface area is 86.0 Å². The average Bonchev–Trinajstić information content (AvgIpc) is 2.15. The van der Waals surface area contributed by atoms with Crippen molar-refractivity contribution in [1.82, 2.24) is 4.90 Å². The fraction of sp³-hybridized carbons (Fsp3) is 0.800. The lowest BCUT2D eigenvalue weighted by Crippen LogP contribution is -2.28. The summed E-state index contributed by atoms with van der Waals surface area (Å²) in [4.78, 5) is 17.1. The second-order valence-corrected chi connectivity index (χ2v) is 3.58. The predicted molar refractivity (Wildman–Crippen MR) is 57.7 cm³/mol. The van der Waals surface area contributed by atoms with E-state index in [9.17, 15) is 4.79 Å². The summed E-state index contributed by atoms with van der Waals surface area (Å²) in [6.45, 7) is 4.38. The minimum atomic E-state index is -0.158. The van der Waals surface area contributed by atoms with Crippen molar-refractivity contribution in [2.75, 3.05) is 27.7 Å². The molecule has 0 aromatic heterocycles. The first-order chi connectivity index (χ1) is 6.49. The molecule has 0 saturated heterocycles. The Hall–Kier alpha value is -0.900. The quantitative estimate of drug-likeness (QED) is 0.616. The van der Waals surface area contributed by atoms with E-state index in [0.29, 0.717) is 6.54 Å². The Morgan fingerprint density at radius 2 is 2.07 bits per heavy atom. The van der Waals surface area contributed by atoms with Crippen molar-refractivity contribution in [2.24, 2.45) is 10.9 Å². The molecule has 0 rings (SSSR count). The van der Waals surface area contributed by atoms with Crippen molar-refractivity contribution in [3.05, 3.63) is 0 Å². The number of nitrogens with zero attached hydrogens (tertiary/aromatic N) is 2. The van der Waals surface area contributed by atoms with Crippen LogP contribution in [-0.2, 0) is 9.53 Å². The van der Waals surface area contributed by atoms with Gasteiger partial charge in [0.05, 0.1) is 18.6 Å². The van der Waals surface area contributed by atoms with Crippen LogP contribution in [0, 0.1) is 5.92 Å². The second-order valence-electron chi connectivity index (χ2n) is 3.58. The van der Waals surface area contributed by atoms with E-state index < -0.39 is 0 Å². The molecule has 0 N–H and O–H groups in total. The van der Waals surface area contributed by atoms with Gasteiger partial charge in [-0.3, -0.25) is 9.79 Å². The molecule has 0 bridgehead atoms. The molecule has 0 aliphatic rings. The molecule has 14 heavy (non-hydrogen) atoms. The van der Waals surface area contributed by atoms with Gasteiger partial charge in [0.15, 0.2) is 0 Å². The maximum atomic E-state index is 11.4. The van der Waals surface area contributed by atoms with Gasteiger partial charge in [0.2, 0.25) is 5.91 Å². The molecule has 1 amide bonds. The maximum Gasteiger partial charge on any atom is 0.230 e. The molecule has 0 aliphatic carbocycles. The van der Waals surface area contributed by atoms with Crippen molar-refractivity contribution < 1.29 is 9.53 Å². The van der Waals surface area contributed by atoms with Crippen LogP contribution in [0.5, 0.6) is 0 Å². The minimum Gasteiger partial charge on any atom is -0.380 e. The monoisotopic (exact) mass is 200 g/mol. The van der Waals surface area contributed by atoms with Crippen LogP contribution in [0.25, 0.3) is 0 Å². The minimum absolute atomic E-state index is 0.0684. The van der Waals surface area contributed by atoms with Crippen LogP contribution in [0.3, 0.4) is 0 Å². The van der Waals surface area contributed by atoms with Gasteiger partial charge in [0.1, 0.15) is 0 Å². The number of carbonyl (C=O) groups is 1. The molecule has 82 valence electrons. The van der Waals surface area contributed by atoms with E-state index in [1.165, 1.54) is 0 Å². The summed E-state index contributed by atoms with van der Waals surface area (Å²) in [5.74, 6) is -0.0899. The van der Waals surface area contributed by atoms with E-state index in [2.05, 4.69) is 4.99 Å². The lowest BCUT2D eigenvalue weighted by atomic mass is 10.2. The van der Waals surface area contributed by atoms with Crippen molar-refractivity contribution in [3.8, 4) is 0 Å². The molecule has 1 unspecified atom stereocenters. The zero-order valence-corrected chi connectivity index (χ0v) is 9.65. The zero-order valence-electron chi connectivity index (χ0n) is 9.65. The van der Waals surface area contributed by atoms with Crippen molar-refractivity contribution in [1.29, 1.82) is 0 Å². The Balaban J connectivity index is 3.93. The van der Waals surface area contributed by atoms with E-state index in [1.54, 1.807) is 32.3 Å². The molecular formula is C10H20N2O2. The molecule has 0 radical (unpaired) electrons. The third kappa shape index (κ3) is 4.97. The molecule has 0 aromatic rings. The fourth-order valence-electron chi connectivity index (χ4n) is 0.913. The van der Waals surface area contributed by atoms with Gasteiger partial charge >= 0.3 is 0 Å². The van der Waals surface area contributed by atoms with Gasteiger partial charge in [-0.15, -0.1) is 0 Å². The van der Waals surface area contributed by atoms with Crippen LogP contribution in [0.15, 0.2) is 4.99 Å². The number of ether oxygens (including phenoxy) is 1. The first-order valence-electron chi connectivity index (χ1n) is 4.73. The van der Waals surface area contributed by atoms with Crippen LogP contribution < -0.4 is 0 Å². The summed E-state index contributed by atoms with van der Waals surface area (Å²) >= 11 is 0. The lowest BCUT2D eigenvalue weighted by Gasteiger charge is -2.13. The summed E-state index contributed by atoms with van der Waals surface area (Å²) in [5, 5.41) is 0. The number of aliphatic imine (C=N–C) groups is 1. The molecule has 0 saturated carbocycles. The van der Waals surface area contributed by atoms with E-state index in [1.807, 2.05) is 13.8 Å². The summed E-state index contributed by atoms with van der Waals surface area (Å²) in [7, 11) is 5.13. The number of hydrogen-bond acceptors (Lipinski definition) is 3. The Morgan fingerprint density at radius 3 is 2.50 bits per heavy atom. The molecule has 0 aromatic carbocycles. The molecule has 0 heterocycles. The van der Waals surface area contributed by atoms with Crippen LogP contribution in [0.1, 0.15) is 13.8 Å². The van der Waals surface area contributed by atoms with Crippen molar-refractivity contribution >= 4 is 12.1 Å². The summed E-state index contributed by atoms with van der Waals surface area (Å²) < 4.78 is 5.03. The lowest BCUT2D eigenvalue weighted by molar-refractivity contribution is -0.130. The molecule has 0 spiro atoms. The number of methoxy groups -OCH3 is 1. The highest BCUT2D eigenvalue weighted by Crippen LogP contribution is 1.96. The summed E-state index contributed by atoms with van der Waals surface area (Å²) in [6, 6.07) is 0. The zero-order chi connectivity index (χ0) is 11.1. The molecule has 4 nitrogen and oxygen atoms in total. The van der Waals surface area contributed by atoms with E-state index in [4.69, 9.17) is 4.74 Å². The van der Waals surface area contributed by atoms with Crippen LogP contribution in [0.2, 0.25) is 0 Å². The molecular weight excluding hydrogens is 180 g/mol. The topological polar surface area (TPSA) is 41.9 Å². The van der Waals surface area contributed by atoms with Gasteiger partial charge < -0.3 is 9.64 Å². The fourth-order valence-corrected chi connectivity index (χ4v) is 0.913.